The van der Waals surface area contributed by atoms with Gasteiger partial charge in [-0.2, -0.15) is 0 Å². The molecule has 1 aromatic rings. The van der Waals surface area contributed by atoms with Crippen LogP contribution in [0.15, 0.2) is 30.3 Å². The zero-order valence-corrected chi connectivity index (χ0v) is 20.0. The van der Waals surface area contributed by atoms with Gasteiger partial charge in [-0.3, -0.25) is 19.3 Å². The van der Waals surface area contributed by atoms with Crippen molar-refractivity contribution < 1.29 is 14.4 Å². The summed E-state index contributed by atoms with van der Waals surface area (Å²) in [5.74, 6) is 0.388. The lowest BCUT2D eigenvalue weighted by molar-refractivity contribution is -0.142. The van der Waals surface area contributed by atoms with E-state index in [1.54, 1.807) is 0 Å². The smallest absolute Gasteiger partial charge is 0.236 e. The first-order chi connectivity index (χ1) is 16.0. The SMILES string of the molecule is CC1CCCCN1C(=O)CN1CCN(C(=O)C2CCCN(C(=O)Cc3ccccc3)C2)CC1. The zero-order chi connectivity index (χ0) is 23.2. The topological polar surface area (TPSA) is 64.2 Å². The molecule has 3 fully saturated rings. The van der Waals surface area contributed by atoms with E-state index in [-0.39, 0.29) is 23.6 Å². The minimum absolute atomic E-state index is 0.106. The third-order valence-electron chi connectivity index (χ3n) is 7.49. The number of carbonyl (C=O) groups is 3. The lowest BCUT2D eigenvalue weighted by atomic mass is 9.95. The minimum atomic E-state index is -0.110. The Morgan fingerprint density at radius 2 is 1.58 bits per heavy atom. The van der Waals surface area contributed by atoms with Gasteiger partial charge in [0.15, 0.2) is 0 Å². The lowest BCUT2D eigenvalue weighted by Crippen LogP contribution is -2.55. The summed E-state index contributed by atoms with van der Waals surface area (Å²) in [6, 6.07) is 10.1. The first kappa shape index (κ1) is 23.7. The first-order valence-corrected chi connectivity index (χ1v) is 12.6. The Morgan fingerprint density at radius 1 is 0.818 bits per heavy atom. The van der Waals surface area contributed by atoms with Crippen LogP contribution < -0.4 is 0 Å². The highest BCUT2D eigenvalue weighted by Crippen LogP contribution is 2.21. The molecule has 0 N–H and O–H groups in total. The molecule has 4 rings (SSSR count). The van der Waals surface area contributed by atoms with Crippen molar-refractivity contribution in [2.75, 3.05) is 52.4 Å². The normalized spacial score (nSPS) is 24.6. The molecule has 0 spiro atoms. The summed E-state index contributed by atoms with van der Waals surface area (Å²) in [6.45, 7) is 7.54. The van der Waals surface area contributed by atoms with E-state index in [4.69, 9.17) is 0 Å². The molecule has 1 aromatic carbocycles. The van der Waals surface area contributed by atoms with Crippen LogP contribution in [-0.2, 0) is 20.8 Å². The average Bonchev–Trinajstić information content (AvgIpc) is 2.85. The molecule has 3 amide bonds. The molecular weight excluding hydrogens is 416 g/mol. The molecule has 0 saturated carbocycles. The molecule has 3 aliphatic heterocycles. The third-order valence-corrected chi connectivity index (χ3v) is 7.49. The lowest BCUT2D eigenvalue weighted by Gasteiger charge is -2.40. The number of nitrogens with zero attached hydrogens (tertiary/aromatic N) is 4. The number of piperidine rings is 2. The molecule has 7 nitrogen and oxygen atoms in total. The number of likely N-dealkylation sites (tertiary alicyclic amines) is 2. The number of hydrogen-bond acceptors (Lipinski definition) is 4. The fraction of sp³-hybridized carbons (Fsp3) is 0.654. The molecule has 0 aromatic heterocycles. The number of amides is 3. The van der Waals surface area contributed by atoms with Gasteiger partial charge in [-0.25, -0.2) is 0 Å². The Balaban J connectivity index is 1.23. The Hall–Kier alpha value is -2.41. The third kappa shape index (κ3) is 6.14. The minimum Gasteiger partial charge on any atom is -0.342 e. The fourth-order valence-corrected chi connectivity index (χ4v) is 5.42. The summed E-state index contributed by atoms with van der Waals surface area (Å²) in [5.41, 5.74) is 1.01. The number of rotatable bonds is 5. The molecule has 0 aliphatic carbocycles. The van der Waals surface area contributed by atoms with Gasteiger partial charge in [0.2, 0.25) is 17.7 Å². The fourth-order valence-electron chi connectivity index (χ4n) is 5.42. The first-order valence-electron chi connectivity index (χ1n) is 12.6. The van der Waals surface area contributed by atoms with Crippen LogP contribution in [0.2, 0.25) is 0 Å². The molecule has 7 heteroatoms. The molecule has 3 aliphatic rings. The molecule has 3 saturated heterocycles. The van der Waals surface area contributed by atoms with E-state index >= 15 is 0 Å². The molecule has 2 unspecified atom stereocenters. The van der Waals surface area contributed by atoms with Crippen LogP contribution in [0.4, 0.5) is 0 Å². The predicted molar refractivity (Wildman–Crippen MR) is 127 cm³/mol. The van der Waals surface area contributed by atoms with Crippen molar-refractivity contribution in [1.29, 1.82) is 0 Å². The van der Waals surface area contributed by atoms with Crippen molar-refractivity contribution in [3.63, 3.8) is 0 Å². The van der Waals surface area contributed by atoms with Crippen molar-refractivity contribution in [3.8, 4) is 0 Å². The average molecular weight is 455 g/mol. The Bertz CT molecular complexity index is 822. The second-order valence-electron chi connectivity index (χ2n) is 9.87. The van der Waals surface area contributed by atoms with Crippen molar-refractivity contribution in [1.82, 2.24) is 19.6 Å². The number of hydrogen-bond donors (Lipinski definition) is 0. The summed E-state index contributed by atoms with van der Waals surface area (Å²) in [6.07, 6.45) is 5.52. The van der Waals surface area contributed by atoms with Gasteiger partial charge in [0.05, 0.1) is 18.9 Å². The Labute approximate surface area is 197 Å². The van der Waals surface area contributed by atoms with Crippen LogP contribution in [0, 0.1) is 5.92 Å². The molecular formula is C26H38N4O3. The van der Waals surface area contributed by atoms with Gasteiger partial charge in [0, 0.05) is 51.9 Å². The van der Waals surface area contributed by atoms with Crippen LogP contribution >= 0.6 is 0 Å². The van der Waals surface area contributed by atoms with Crippen molar-refractivity contribution >= 4 is 17.7 Å². The maximum Gasteiger partial charge on any atom is 0.236 e. The molecule has 2 atom stereocenters. The second kappa shape index (κ2) is 11.1. The van der Waals surface area contributed by atoms with Crippen molar-refractivity contribution in [2.45, 2.75) is 51.5 Å². The molecule has 180 valence electrons. The van der Waals surface area contributed by atoms with Crippen molar-refractivity contribution in [2.24, 2.45) is 5.92 Å². The van der Waals surface area contributed by atoms with Crippen LogP contribution in [0.1, 0.15) is 44.6 Å². The molecule has 3 heterocycles. The van der Waals surface area contributed by atoms with E-state index in [0.29, 0.717) is 38.6 Å². The van der Waals surface area contributed by atoms with Crippen LogP contribution in [0.3, 0.4) is 0 Å². The molecule has 0 bridgehead atoms. The summed E-state index contributed by atoms with van der Waals surface area (Å²) in [5, 5.41) is 0. The van der Waals surface area contributed by atoms with E-state index in [9.17, 15) is 14.4 Å². The maximum absolute atomic E-state index is 13.2. The van der Waals surface area contributed by atoms with Gasteiger partial charge in [-0.05, 0) is 44.6 Å². The van der Waals surface area contributed by atoms with Crippen LogP contribution in [-0.4, -0.2) is 95.7 Å². The summed E-state index contributed by atoms with van der Waals surface area (Å²) in [4.78, 5) is 46.7. The standard InChI is InChI=1S/C26H38N4O3/c1-21-8-5-6-13-30(21)25(32)20-27-14-16-28(17-15-27)26(33)23-11-7-12-29(19-23)24(31)18-22-9-3-2-4-10-22/h2-4,9-10,21,23H,5-8,11-20H2,1H3. The highest BCUT2D eigenvalue weighted by Gasteiger charge is 2.33. The van der Waals surface area contributed by atoms with Gasteiger partial charge in [0.25, 0.3) is 0 Å². The van der Waals surface area contributed by atoms with Gasteiger partial charge in [-0.15, -0.1) is 0 Å². The quantitative estimate of drug-likeness (QED) is 0.683. The van der Waals surface area contributed by atoms with E-state index in [2.05, 4.69) is 11.8 Å². The summed E-state index contributed by atoms with van der Waals surface area (Å²) in [7, 11) is 0. The van der Waals surface area contributed by atoms with Gasteiger partial charge < -0.3 is 14.7 Å². The van der Waals surface area contributed by atoms with E-state index in [1.165, 1.54) is 6.42 Å². The zero-order valence-electron chi connectivity index (χ0n) is 20.0. The van der Waals surface area contributed by atoms with E-state index in [1.807, 2.05) is 45.0 Å². The highest BCUT2D eigenvalue weighted by atomic mass is 16.2. The van der Waals surface area contributed by atoms with Gasteiger partial charge in [-0.1, -0.05) is 30.3 Å². The van der Waals surface area contributed by atoms with Crippen molar-refractivity contribution in [3.05, 3.63) is 35.9 Å². The highest BCUT2D eigenvalue weighted by molar-refractivity contribution is 5.82. The van der Waals surface area contributed by atoms with E-state index in [0.717, 1.165) is 57.4 Å². The summed E-state index contributed by atoms with van der Waals surface area (Å²) >= 11 is 0. The molecule has 0 radical (unpaired) electrons. The van der Waals surface area contributed by atoms with E-state index < -0.39 is 0 Å². The maximum atomic E-state index is 13.2. The largest absolute Gasteiger partial charge is 0.342 e. The summed E-state index contributed by atoms with van der Waals surface area (Å²) < 4.78 is 0. The Kier molecular flexibility index (Phi) is 8.02. The van der Waals surface area contributed by atoms with Gasteiger partial charge in [0.1, 0.15) is 0 Å². The number of carbonyl (C=O) groups excluding carboxylic acids is 3. The number of piperazine rings is 1. The second-order valence-corrected chi connectivity index (χ2v) is 9.87. The van der Waals surface area contributed by atoms with Crippen LogP contribution in [0.5, 0.6) is 0 Å². The predicted octanol–water partition coefficient (Wildman–Crippen LogP) is 2.01. The number of benzene rings is 1. The monoisotopic (exact) mass is 454 g/mol. The van der Waals surface area contributed by atoms with Crippen LogP contribution in [0.25, 0.3) is 0 Å². The molecule has 33 heavy (non-hydrogen) atoms. The Morgan fingerprint density at radius 3 is 2.30 bits per heavy atom. The van der Waals surface area contributed by atoms with Gasteiger partial charge >= 0.3 is 0 Å².